The molecule has 0 fully saturated rings. The SMILES string of the molecule is CC(=O)N(O)C(C)/C=C/c1cccc(Oc2cccc(F)c2)c1. The highest BCUT2D eigenvalue weighted by Gasteiger charge is 2.10. The standard InChI is InChI=1S/C18H18FNO3/c1-13(20(22)14(2)21)9-10-15-5-3-7-17(11-15)23-18-8-4-6-16(19)12-18/h3-13,22H,1-2H3/b10-9+. The summed E-state index contributed by atoms with van der Waals surface area (Å²) in [6.07, 6.45) is 3.47. The zero-order chi connectivity index (χ0) is 16.8. The van der Waals surface area contributed by atoms with Gasteiger partial charge in [-0.25, -0.2) is 9.45 Å². The first-order chi connectivity index (χ1) is 11.0. The molecule has 0 saturated carbocycles. The van der Waals surface area contributed by atoms with Crippen LogP contribution in [0.15, 0.2) is 54.6 Å². The lowest BCUT2D eigenvalue weighted by atomic mass is 10.1. The van der Waals surface area contributed by atoms with Crippen molar-refractivity contribution in [2.75, 3.05) is 0 Å². The highest BCUT2D eigenvalue weighted by molar-refractivity contribution is 5.72. The Kier molecular flexibility index (Phi) is 5.49. The molecule has 0 radical (unpaired) electrons. The average Bonchev–Trinajstić information content (AvgIpc) is 2.52. The van der Waals surface area contributed by atoms with Gasteiger partial charge in [-0.2, -0.15) is 0 Å². The quantitative estimate of drug-likeness (QED) is 0.662. The molecule has 1 atom stereocenters. The average molecular weight is 315 g/mol. The predicted octanol–water partition coefficient (Wildman–Crippen LogP) is 4.26. The molecule has 5 heteroatoms. The van der Waals surface area contributed by atoms with E-state index in [2.05, 4.69) is 0 Å². The summed E-state index contributed by atoms with van der Waals surface area (Å²) < 4.78 is 18.8. The number of benzene rings is 2. The predicted molar refractivity (Wildman–Crippen MR) is 85.7 cm³/mol. The molecule has 23 heavy (non-hydrogen) atoms. The summed E-state index contributed by atoms with van der Waals surface area (Å²) in [6.45, 7) is 2.99. The van der Waals surface area contributed by atoms with Gasteiger partial charge in [-0.05, 0) is 36.8 Å². The number of amides is 1. The van der Waals surface area contributed by atoms with Crippen LogP contribution in [-0.4, -0.2) is 22.2 Å². The van der Waals surface area contributed by atoms with Crippen molar-refractivity contribution in [2.24, 2.45) is 0 Å². The molecule has 0 bridgehead atoms. The summed E-state index contributed by atoms with van der Waals surface area (Å²) >= 11 is 0. The molecule has 2 aromatic rings. The fraction of sp³-hybridized carbons (Fsp3) is 0.167. The van der Waals surface area contributed by atoms with Gasteiger partial charge < -0.3 is 4.74 Å². The maximum absolute atomic E-state index is 13.2. The van der Waals surface area contributed by atoms with Crippen LogP contribution in [0.2, 0.25) is 0 Å². The molecule has 0 spiro atoms. The molecule has 1 amide bonds. The Balaban J connectivity index is 2.09. The maximum atomic E-state index is 13.2. The maximum Gasteiger partial charge on any atom is 0.243 e. The second-order valence-electron chi connectivity index (χ2n) is 5.10. The third-order valence-electron chi connectivity index (χ3n) is 3.17. The molecular formula is C18H18FNO3. The van der Waals surface area contributed by atoms with E-state index in [0.717, 1.165) is 5.56 Å². The number of carbonyl (C=O) groups excluding carboxylic acids is 1. The van der Waals surface area contributed by atoms with E-state index in [-0.39, 0.29) is 5.82 Å². The lowest BCUT2D eigenvalue weighted by Gasteiger charge is -2.17. The Morgan fingerprint density at radius 2 is 1.87 bits per heavy atom. The monoisotopic (exact) mass is 315 g/mol. The minimum atomic E-state index is -0.444. The molecule has 0 aliphatic carbocycles. The first kappa shape index (κ1) is 16.7. The molecule has 0 aromatic heterocycles. The first-order valence-corrected chi connectivity index (χ1v) is 7.16. The molecule has 0 aliphatic heterocycles. The lowest BCUT2D eigenvalue weighted by molar-refractivity contribution is -0.167. The summed E-state index contributed by atoms with van der Waals surface area (Å²) in [5.41, 5.74) is 0.836. The summed E-state index contributed by atoms with van der Waals surface area (Å²) in [5, 5.41) is 10.2. The van der Waals surface area contributed by atoms with Crippen molar-refractivity contribution >= 4 is 12.0 Å². The number of hydrogen-bond acceptors (Lipinski definition) is 3. The van der Waals surface area contributed by atoms with Gasteiger partial charge in [-0.3, -0.25) is 10.0 Å². The van der Waals surface area contributed by atoms with Crippen molar-refractivity contribution < 1.29 is 19.1 Å². The van der Waals surface area contributed by atoms with Gasteiger partial charge in [0.2, 0.25) is 5.91 Å². The summed E-state index contributed by atoms with van der Waals surface area (Å²) in [4.78, 5) is 11.1. The van der Waals surface area contributed by atoms with Crippen LogP contribution in [0, 0.1) is 5.82 Å². The lowest BCUT2D eigenvalue weighted by Crippen LogP contribution is -2.32. The Hall–Kier alpha value is -2.66. The van der Waals surface area contributed by atoms with E-state index in [1.165, 1.54) is 19.1 Å². The fourth-order valence-electron chi connectivity index (χ4n) is 1.97. The van der Waals surface area contributed by atoms with Gasteiger partial charge in [0.25, 0.3) is 0 Å². The van der Waals surface area contributed by atoms with Gasteiger partial charge in [-0.15, -0.1) is 0 Å². The Morgan fingerprint density at radius 3 is 2.52 bits per heavy atom. The molecule has 120 valence electrons. The number of rotatable bonds is 5. The topological polar surface area (TPSA) is 49.8 Å². The molecule has 0 saturated heterocycles. The van der Waals surface area contributed by atoms with E-state index in [9.17, 15) is 14.4 Å². The number of hydroxylamine groups is 2. The van der Waals surface area contributed by atoms with Gasteiger partial charge in [0, 0.05) is 13.0 Å². The van der Waals surface area contributed by atoms with Crippen molar-refractivity contribution in [1.29, 1.82) is 0 Å². The van der Waals surface area contributed by atoms with Crippen LogP contribution in [0.1, 0.15) is 19.4 Å². The van der Waals surface area contributed by atoms with E-state index >= 15 is 0 Å². The van der Waals surface area contributed by atoms with Crippen LogP contribution in [0.3, 0.4) is 0 Å². The zero-order valence-corrected chi connectivity index (χ0v) is 12.9. The number of nitrogens with zero attached hydrogens (tertiary/aromatic N) is 1. The van der Waals surface area contributed by atoms with Crippen LogP contribution in [-0.2, 0) is 4.79 Å². The summed E-state index contributed by atoms with van der Waals surface area (Å²) in [6, 6.07) is 12.7. The van der Waals surface area contributed by atoms with E-state index in [0.29, 0.717) is 16.6 Å². The van der Waals surface area contributed by atoms with Crippen molar-refractivity contribution in [2.45, 2.75) is 19.9 Å². The minimum Gasteiger partial charge on any atom is -0.457 e. The normalized spacial score (nSPS) is 12.2. The van der Waals surface area contributed by atoms with E-state index in [1.54, 1.807) is 49.4 Å². The number of halogens is 1. The Labute approximate surface area is 134 Å². The smallest absolute Gasteiger partial charge is 0.243 e. The highest BCUT2D eigenvalue weighted by Crippen LogP contribution is 2.23. The van der Waals surface area contributed by atoms with Crippen LogP contribution >= 0.6 is 0 Å². The molecule has 2 aromatic carbocycles. The second-order valence-corrected chi connectivity index (χ2v) is 5.10. The third-order valence-corrected chi connectivity index (χ3v) is 3.17. The number of ether oxygens (including phenoxy) is 1. The van der Waals surface area contributed by atoms with E-state index in [1.807, 2.05) is 6.07 Å². The van der Waals surface area contributed by atoms with Crippen molar-refractivity contribution in [3.8, 4) is 11.5 Å². The molecule has 1 unspecified atom stereocenters. The minimum absolute atomic E-state index is 0.361. The molecule has 2 rings (SSSR count). The molecule has 1 N–H and O–H groups in total. The summed E-state index contributed by atoms with van der Waals surface area (Å²) in [7, 11) is 0. The zero-order valence-electron chi connectivity index (χ0n) is 12.9. The van der Waals surface area contributed by atoms with Crippen LogP contribution in [0.4, 0.5) is 4.39 Å². The molecule has 0 heterocycles. The first-order valence-electron chi connectivity index (χ1n) is 7.16. The van der Waals surface area contributed by atoms with Gasteiger partial charge in [0.1, 0.15) is 17.3 Å². The highest BCUT2D eigenvalue weighted by atomic mass is 19.1. The second kappa shape index (κ2) is 7.56. The van der Waals surface area contributed by atoms with Gasteiger partial charge in [0.05, 0.1) is 6.04 Å². The third kappa shape index (κ3) is 4.93. The van der Waals surface area contributed by atoms with Crippen LogP contribution in [0.5, 0.6) is 11.5 Å². The fourth-order valence-corrected chi connectivity index (χ4v) is 1.97. The van der Waals surface area contributed by atoms with Crippen molar-refractivity contribution in [1.82, 2.24) is 5.06 Å². The molecule has 4 nitrogen and oxygen atoms in total. The van der Waals surface area contributed by atoms with Crippen LogP contribution in [0.25, 0.3) is 6.08 Å². The number of hydrogen-bond donors (Lipinski definition) is 1. The van der Waals surface area contributed by atoms with Gasteiger partial charge in [0.15, 0.2) is 0 Å². The van der Waals surface area contributed by atoms with Crippen molar-refractivity contribution in [3.05, 3.63) is 66.0 Å². The van der Waals surface area contributed by atoms with Crippen molar-refractivity contribution in [3.63, 3.8) is 0 Å². The summed E-state index contributed by atoms with van der Waals surface area (Å²) in [5.74, 6) is 0.195. The number of carbonyl (C=O) groups is 1. The van der Waals surface area contributed by atoms with E-state index < -0.39 is 11.9 Å². The Morgan fingerprint density at radius 1 is 1.22 bits per heavy atom. The molecule has 0 aliphatic rings. The van der Waals surface area contributed by atoms with E-state index in [4.69, 9.17) is 4.74 Å². The van der Waals surface area contributed by atoms with Crippen LogP contribution < -0.4 is 4.74 Å². The van der Waals surface area contributed by atoms with Gasteiger partial charge >= 0.3 is 0 Å². The largest absolute Gasteiger partial charge is 0.457 e. The molecular weight excluding hydrogens is 297 g/mol. The Bertz CT molecular complexity index is 715. The van der Waals surface area contributed by atoms with Gasteiger partial charge in [-0.1, -0.05) is 30.4 Å².